The highest BCUT2D eigenvalue weighted by atomic mass is 35.6. The molecule has 12 heteroatoms. The molecule has 2 aliphatic heterocycles. The van der Waals surface area contributed by atoms with Gasteiger partial charge in [0.05, 0.1) is 6.61 Å². The second kappa shape index (κ2) is 10.9. The van der Waals surface area contributed by atoms with Crippen molar-refractivity contribution in [2.45, 2.75) is 40.7 Å². The van der Waals surface area contributed by atoms with Crippen LogP contribution >= 0.6 is 34.8 Å². The average Bonchev–Trinajstić information content (AvgIpc) is 3.10. The summed E-state index contributed by atoms with van der Waals surface area (Å²) < 4.78 is 28.2. The maximum Gasteiger partial charge on any atom is 0.265 e. The predicted octanol–water partition coefficient (Wildman–Crippen LogP) is 6.42. The molecule has 37 heavy (non-hydrogen) atoms. The van der Waals surface area contributed by atoms with Gasteiger partial charge in [0.2, 0.25) is 12.2 Å². The fraction of sp³-hybridized carbons (Fsp3) is 0.320. The average molecular weight is 564 g/mol. The molecule has 0 saturated carbocycles. The van der Waals surface area contributed by atoms with E-state index in [9.17, 15) is 5.53 Å². The fourth-order valence-electron chi connectivity index (χ4n) is 4.37. The zero-order valence-electron chi connectivity index (χ0n) is 19.1. The summed E-state index contributed by atoms with van der Waals surface area (Å²) in [6, 6.07) is 21.7. The maximum atomic E-state index is 9.40. The molecule has 4 aliphatic rings. The molecule has 2 aliphatic carbocycles. The van der Waals surface area contributed by atoms with E-state index in [1.165, 1.54) is 0 Å². The van der Waals surface area contributed by atoms with Gasteiger partial charge in [-0.25, -0.2) is 0 Å². The number of alkyl halides is 3. The van der Waals surface area contributed by atoms with E-state index >= 15 is 0 Å². The number of rotatable bonds is 5. The molecule has 0 radical (unpaired) electrons. The van der Waals surface area contributed by atoms with Crippen molar-refractivity contribution in [3.63, 3.8) is 0 Å². The number of hydrogen-bond donors (Lipinski definition) is 1. The summed E-state index contributed by atoms with van der Waals surface area (Å²) in [6.45, 7) is 0.116. The van der Waals surface area contributed by atoms with Crippen LogP contribution in [0.3, 0.4) is 0 Å². The van der Waals surface area contributed by atoms with Gasteiger partial charge in [0.1, 0.15) is 30.1 Å². The highest BCUT2D eigenvalue weighted by Gasteiger charge is 2.53. The van der Waals surface area contributed by atoms with E-state index in [2.05, 4.69) is 10.0 Å². The Bertz CT molecular complexity index is 1270. The quantitative estimate of drug-likeness (QED) is 0.0959. The maximum absolute atomic E-state index is 9.40. The van der Waals surface area contributed by atoms with Crippen molar-refractivity contribution in [1.29, 1.82) is 5.41 Å². The SMILES string of the molecule is [N-]=[N+]=N[C@H]1[C@H](OC(=N)C(Cl)(Cl)Cl)O[C@@H]2COC(c3ccccc3)O[C@H]2[C@@H]1Oc1ccc2cccccc1-2. The fourth-order valence-corrected chi connectivity index (χ4v) is 4.51. The van der Waals surface area contributed by atoms with E-state index in [0.717, 1.165) is 16.7 Å². The molecule has 6 atom stereocenters. The van der Waals surface area contributed by atoms with Crippen LogP contribution < -0.4 is 4.74 Å². The molecular weight excluding hydrogens is 543 g/mol. The van der Waals surface area contributed by atoms with Gasteiger partial charge < -0.3 is 23.7 Å². The van der Waals surface area contributed by atoms with Crippen LogP contribution in [0.15, 0.2) is 77.9 Å². The van der Waals surface area contributed by atoms with Crippen LogP contribution in [0.1, 0.15) is 11.9 Å². The lowest BCUT2D eigenvalue weighted by Gasteiger charge is -2.48. The van der Waals surface area contributed by atoms with Crippen molar-refractivity contribution in [3.8, 4) is 16.9 Å². The second-order valence-electron chi connectivity index (χ2n) is 8.42. The van der Waals surface area contributed by atoms with Crippen LogP contribution in [-0.4, -0.2) is 46.9 Å². The van der Waals surface area contributed by atoms with Crippen LogP contribution in [0.4, 0.5) is 0 Å². The Morgan fingerprint density at radius 1 is 1.00 bits per heavy atom. The Labute approximate surface area is 227 Å². The van der Waals surface area contributed by atoms with Gasteiger partial charge in [-0.3, -0.25) is 5.41 Å². The van der Waals surface area contributed by atoms with Crippen LogP contribution in [0.5, 0.6) is 5.75 Å². The van der Waals surface area contributed by atoms with Crippen molar-refractivity contribution in [2.24, 2.45) is 5.11 Å². The summed E-state index contributed by atoms with van der Waals surface area (Å²) >= 11 is 17.5. The molecule has 1 aromatic rings. The molecule has 5 rings (SSSR count). The minimum atomic E-state index is -2.15. The van der Waals surface area contributed by atoms with Gasteiger partial charge in [-0.05, 0) is 17.2 Å². The van der Waals surface area contributed by atoms with Crippen molar-refractivity contribution < 1.29 is 23.7 Å². The number of benzene rings is 1. The minimum Gasteiger partial charge on any atom is -0.486 e. The standard InChI is InChI=1S/C25H21Cl3N4O5/c26-25(27,28)24(29)37-23-19(31-32-30)21(34-17-12-11-14-7-3-2-6-10-16(14)17)20-18(35-23)13-33-22(36-20)15-8-4-1-5-9-15/h1-12,18-23,29H,13H2/t18-,19-,20-,21-,22?,23+/m1/s1. The first-order valence-electron chi connectivity index (χ1n) is 11.3. The topological polar surface area (TPSA) is 119 Å². The largest absolute Gasteiger partial charge is 0.486 e. The van der Waals surface area contributed by atoms with E-state index < -0.39 is 46.6 Å². The Morgan fingerprint density at radius 3 is 2.46 bits per heavy atom. The third-order valence-corrected chi connectivity index (χ3v) is 6.58. The number of hydrogen-bond acceptors (Lipinski definition) is 7. The first-order valence-corrected chi connectivity index (χ1v) is 12.5. The molecule has 2 heterocycles. The molecule has 1 aromatic carbocycles. The van der Waals surface area contributed by atoms with Crippen molar-refractivity contribution in [2.75, 3.05) is 6.61 Å². The number of ether oxygens (including phenoxy) is 5. The number of nitrogens with one attached hydrogen (secondary N) is 1. The Kier molecular flexibility index (Phi) is 7.65. The van der Waals surface area contributed by atoms with Gasteiger partial charge in [0, 0.05) is 16.0 Å². The van der Waals surface area contributed by atoms with E-state index in [0.29, 0.717) is 5.75 Å². The summed E-state index contributed by atoms with van der Waals surface area (Å²) in [6.07, 6.45) is -4.31. The van der Waals surface area contributed by atoms with Crippen LogP contribution in [0.25, 0.3) is 21.6 Å². The van der Waals surface area contributed by atoms with Crippen LogP contribution in [-0.2, 0) is 18.9 Å². The molecule has 1 N–H and O–H groups in total. The Balaban J connectivity index is 1.51. The van der Waals surface area contributed by atoms with Crippen molar-refractivity contribution in [3.05, 3.63) is 88.8 Å². The lowest BCUT2D eigenvalue weighted by atomic mass is 9.95. The highest BCUT2D eigenvalue weighted by Crippen LogP contribution is 2.41. The molecule has 0 bridgehead atoms. The molecule has 0 aromatic heterocycles. The molecular formula is C25H21Cl3N4O5. The first kappa shape index (κ1) is 25.9. The van der Waals surface area contributed by atoms with E-state index in [4.69, 9.17) is 63.9 Å². The lowest BCUT2D eigenvalue weighted by molar-refractivity contribution is -0.330. The van der Waals surface area contributed by atoms with Gasteiger partial charge >= 0.3 is 0 Å². The zero-order chi connectivity index (χ0) is 26.0. The number of halogens is 3. The van der Waals surface area contributed by atoms with Crippen LogP contribution in [0.2, 0.25) is 0 Å². The Hall–Kier alpha value is -2.75. The molecule has 0 amide bonds. The predicted molar refractivity (Wildman–Crippen MR) is 138 cm³/mol. The van der Waals surface area contributed by atoms with E-state index in [1.807, 2.05) is 72.8 Å². The Morgan fingerprint density at radius 2 is 1.73 bits per heavy atom. The monoisotopic (exact) mass is 562 g/mol. The third-order valence-electron chi connectivity index (χ3n) is 6.07. The molecule has 2 saturated heterocycles. The smallest absolute Gasteiger partial charge is 0.265 e. The summed E-state index contributed by atoms with van der Waals surface area (Å²) in [4.78, 5) is 2.97. The summed E-state index contributed by atoms with van der Waals surface area (Å²) in [5.41, 5.74) is 12.0. The lowest BCUT2D eigenvalue weighted by Crippen LogP contribution is -2.63. The first-order chi connectivity index (χ1) is 17.8. The van der Waals surface area contributed by atoms with Gasteiger partial charge in [-0.2, -0.15) is 0 Å². The highest BCUT2D eigenvalue weighted by molar-refractivity contribution is 6.76. The third kappa shape index (κ3) is 5.58. The van der Waals surface area contributed by atoms with Crippen LogP contribution in [0, 0.1) is 5.41 Å². The van der Waals surface area contributed by atoms with Gasteiger partial charge in [0.15, 0.2) is 6.29 Å². The molecule has 9 nitrogen and oxygen atoms in total. The number of fused-ring (bicyclic) bond motifs is 2. The van der Waals surface area contributed by atoms with Crippen molar-refractivity contribution >= 4 is 40.7 Å². The van der Waals surface area contributed by atoms with E-state index in [-0.39, 0.29) is 6.61 Å². The molecule has 2 fully saturated rings. The molecule has 192 valence electrons. The zero-order valence-corrected chi connectivity index (χ0v) is 21.4. The number of azide groups is 1. The minimum absolute atomic E-state index is 0.116. The van der Waals surface area contributed by atoms with Gasteiger partial charge in [-0.15, -0.1) is 0 Å². The summed E-state index contributed by atoms with van der Waals surface area (Å²) in [5.74, 6) is -0.139. The van der Waals surface area contributed by atoms with Gasteiger partial charge in [0.25, 0.3) is 3.79 Å². The summed E-state index contributed by atoms with van der Waals surface area (Å²) in [7, 11) is 0. The van der Waals surface area contributed by atoms with E-state index in [1.54, 1.807) is 0 Å². The molecule has 1 unspecified atom stereocenters. The molecule has 0 spiro atoms. The van der Waals surface area contributed by atoms with Crippen molar-refractivity contribution in [1.82, 2.24) is 0 Å². The van der Waals surface area contributed by atoms with Gasteiger partial charge in [-0.1, -0.05) is 107 Å². The number of nitrogens with zero attached hydrogens (tertiary/aromatic N) is 3. The summed E-state index contributed by atoms with van der Waals surface area (Å²) in [5, 5.41) is 11.9. The normalized spacial score (nSPS) is 27.5. The second-order valence-corrected chi connectivity index (χ2v) is 10.7.